The molecule has 1 aliphatic rings. The molecule has 25 heavy (non-hydrogen) atoms. The minimum Gasteiger partial charge on any atom is -0.360 e. The highest BCUT2D eigenvalue weighted by molar-refractivity contribution is 7.80. The van der Waals surface area contributed by atoms with Gasteiger partial charge in [-0.1, -0.05) is 83.8 Å². The topological polar surface area (TPSA) is 24.1 Å². The molecule has 2 rings (SSSR count). The molecule has 0 atom stereocenters. The zero-order valence-corrected chi connectivity index (χ0v) is 17.0. The van der Waals surface area contributed by atoms with Crippen LogP contribution in [-0.4, -0.2) is 11.2 Å². The molecule has 0 saturated heterocycles. The molecule has 1 aliphatic carbocycles. The molecule has 1 fully saturated rings. The average Bonchev–Trinajstić information content (AvgIpc) is 2.57. The molecular formula is C22H36N2S. The van der Waals surface area contributed by atoms with Crippen LogP contribution in [0.3, 0.4) is 0 Å². The van der Waals surface area contributed by atoms with Crippen molar-refractivity contribution in [3.63, 3.8) is 0 Å². The van der Waals surface area contributed by atoms with Crippen LogP contribution in [0.5, 0.6) is 0 Å². The zero-order valence-electron chi connectivity index (χ0n) is 16.2. The lowest BCUT2D eigenvalue weighted by Gasteiger charge is -2.22. The summed E-state index contributed by atoms with van der Waals surface area (Å²) in [6.45, 7) is 4.44. The molecule has 2 nitrogen and oxygen atoms in total. The summed E-state index contributed by atoms with van der Waals surface area (Å²) < 4.78 is 0. The molecule has 1 saturated carbocycles. The standard InChI is InChI=1S/C22H36N2S/c1-18(2)19-14-16-21(17-15-19)24-22(25)23-20-12-10-8-6-4-3-5-7-9-11-13-20/h14-18,20H,3-13H2,1-2H3,(H2,23,24,25). The molecule has 0 spiro atoms. The third-order valence-electron chi connectivity index (χ3n) is 5.28. The van der Waals surface area contributed by atoms with Crippen molar-refractivity contribution in [3.05, 3.63) is 29.8 Å². The van der Waals surface area contributed by atoms with E-state index in [1.807, 2.05) is 0 Å². The zero-order chi connectivity index (χ0) is 17.9. The first kappa shape index (κ1) is 20.2. The number of hydrogen-bond donors (Lipinski definition) is 2. The molecule has 0 aromatic heterocycles. The molecule has 1 aromatic rings. The van der Waals surface area contributed by atoms with Crippen molar-refractivity contribution >= 4 is 23.0 Å². The summed E-state index contributed by atoms with van der Waals surface area (Å²) in [6, 6.07) is 9.15. The summed E-state index contributed by atoms with van der Waals surface area (Å²) in [6.07, 6.45) is 15.0. The minimum absolute atomic E-state index is 0.523. The van der Waals surface area contributed by atoms with Crippen molar-refractivity contribution in [3.8, 4) is 0 Å². The van der Waals surface area contributed by atoms with E-state index in [1.165, 1.54) is 76.2 Å². The minimum atomic E-state index is 0.523. The van der Waals surface area contributed by atoms with Crippen LogP contribution in [0.2, 0.25) is 0 Å². The first-order valence-electron chi connectivity index (χ1n) is 10.3. The predicted octanol–water partition coefficient (Wildman–Crippen LogP) is 6.77. The van der Waals surface area contributed by atoms with Gasteiger partial charge in [-0.2, -0.15) is 0 Å². The van der Waals surface area contributed by atoms with Gasteiger partial charge >= 0.3 is 0 Å². The van der Waals surface area contributed by atoms with Gasteiger partial charge in [-0.25, -0.2) is 0 Å². The Labute approximate surface area is 160 Å². The van der Waals surface area contributed by atoms with Gasteiger partial charge in [0.05, 0.1) is 0 Å². The number of nitrogens with one attached hydrogen (secondary N) is 2. The Bertz CT molecular complexity index is 483. The van der Waals surface area contributed by atoms with Gasteiger partial charge in [-0.3, -0.25) is 0 Å². The molecule has 3 heteroatoms. The second kappa shape index (κ2) is 11.5. The molecule has 0 amide bonds. The van der Waals surface area contributed by atoms with Gasteiger partial charge in [0.15, 0.2) is 5.11 Å². The number of benzene rings is 1. The number of anilines is 1. The Balaban J connectivity index is 1.81. The Hall–Kier alpha value is -1.09. The third-order valence-corrected chi connectivity index (χ3v) is 5.50. The molecule has 0 aliphatic heterocycles. The smallest absolute Gasteiger partial charge is 0.170 e. The second-order valence-corrected chi connectivity index (χ2v) is 8.24. The lowest BCUT2D eigenvalue weighted by Crippen LogP contribution is -2.37. The van der Waals surface area contributed by atoms with Gasteiger partial charge in [0.2, 0.25) is 0 Å². The average molecular weight is 361 g/mol. The van der Waals surface area contributed by atoms with Gasteiger partial charge in [-0.15, -0.1) is 0 Å². The number of thiocarbonyl (C=S) groups is 1. The normalized spacial score (nSPS) is 18.2. The summed E-state index contributed by atoms with van der Waals surface area (Å²) >= 11 is 5.57. The molecule has 0 heterocycles. The fourth-order valence-electron chi connectivity index (χ4n) is 3.61. The van der Waals surface area contributed by atoms with E-state index in [1.54, 1.807) is 0 Å². The van der Waals surface area contributed by atoms with Gasteiger partial charge in [0, 0.05) is 11.7 Å². The van der Waals surface area contributed by atoms with Crippen molar-refractivity contribution in [2.24, 2.45) is 0 Å². The van der Waals surface area contributed by atoms with Crippen LogP contribution < -0.4 is 10.6 Å². The van der Waals surface area contributed by atoms with E-state index in [9.17, 15) is 0 Å². The first-order valence-corrected chi connectivity index (χ1v) is 10.7. The third kappa shape index (κ3) is 8.22. The molecule has 1 aromatic carbocycles. The first-order chi connectivity index (χ1) is 12.1. The maximum Gasteiger partial charge on any atom is 0.170 e. The second-order valence-electron chi connectivity index (χ2n) is 7.83. The van der Waals surface area contributed by atoms with Gasteiger partial charge in [0.25, 0.3) is 0 Å². The van der Waals surface area contributed by atoms with Crippen LogP contribution in [0, 0.1) is 0 Å². The quantitative estimate of drug-likeness (QED) is 0.582. The van der Waals surface area contributed by atoms with Gasteiger partial charge in [-0.05, 0) is 48.7 Å². The summed E-state index contributed by atoms with van der Waals surface area (Å²) in [5.74, 6) is 0.565. The molecule has 0 radical (unpaired) electrons. The van der Waals surface area contributed by atoms with E-state index >= 15 is 0 Å². The van der Waals surface area contributed by atoms with Gasteiger partial charge < -0.3 is 10.6 Å². The van der Waals surface area contributed by atoms with Gasteiger partial charge in [0.1, 0.15) is 0 Å². The lowest BCUT2D eigenvalue weighted by molar-refractivity contribution is 0.444. The van der Waals surface area contributed by atoms with E-state index in [0.717, 1.165) is 10.8 Å². The molecular weight excluding hydrogens is 324 g/mol. The number of hydrogen-bond acceptors (Lipinski definition) is 1. The Morgan fingerprint density at radius 1 is 0.840 bits per heavy atom. The SMILES string of the molecule is CC(C)c1ccc(NC(=S)NC2CCCCCCCCCCC2)cc1. The van der Waals surface area contributed by atoms with E-state index in [2.05, 4.69) is 48.7 Å². The van der Waals surface area contributed by atoms with E-state index in [-0.39, 0.29) is 0 Å². The van der Waals surface area contributed by atoms with E-state index in [4.69, 9.17) is 12.2 Å². The fourth-order valence-corrected chi connectivity index (χ4v) is 3.90. The van der Waals surface area contributed by atoms with Crippen LogP contribution in [-0.2, 0) is 0 Å². The largest absolute Gasteiger partial charge is 0.360 e. The molecule has 0 unspecified atom stereocenters. The van der Waals surface area contributed by atoms with Crippen molar-refractivity contribution in [1.29, 1.82) is 0 Å². The van der Waals surface area contributed by atoms with Crippen LogP contribution in [0.25, 0.3) is 0 Å². The van der Waals surface area contributed by atoms with Crippen LogP contribution in [0.1, 0.15) is 96.0 Å². The van der Waals surface area contributed by atoms with Crippen LogP contribution in [0.15, 0.2) is 24.3 Å². The molecule has 140 valence electrons. The highest BCUT2D eigenvalue weighted by atomic mass is 32.1. The Morgan fingerprint density at radius 2 is 1.32 bits per heavy atom. The highest BCUT2D eigenvalue weighted by Gasteiger charge is 2.11. The summed E-state index contributed by atoms with van der Waals surface area (Å²) in [7, 11) is 0. The summed E-state index contributed by atoms with van der Waals surface area (Å²) in [5.41, 5.74) is 2.44. The van der Waals surface area contributed by atoms with E-state index < -0.39 is 0 Å². The summed E-state index contributed by atoms with van der Waals surface area (Å²) in [4.78, 5) is 0. The van der Waals surface area contributed by atoms with Crippen LogP contribution >= 0.6 is 12.2 Å². The van der Waals surface area contributed by atoms with E-state index in [0.29, 0.717) is 12.0 Å². The molecule has 0 bridgehead atoms. The lowest BCUT2D eigenvalue weighted by atomic mass is 9.98. The maximum absolute atomic E-state index is 5.57. The maximum atomic E-state index is 5.57. The van der Waals surface area contributed by atoms with Crippen molar-refractivity contribution in [2.75, 3.05) is 5.32 Å². The highest BCUT2D eigenvalue weighted by Crippen LogP contribution is 2.19. The molecule has 2 N–H and O–H groups in total. The predicted molar refractivity (Wildman–Crippen MR) is 114 cm³/mol. The van der Waals surface area contributed by atoms with Crippen molar-refractivity contribution in [1.82, 2.24) is 5.32 Å². The fraction of sp³-hybridized carbons (Fsp3) is 0.682. The van der Waals surface area contributed by atoms with Crippen LogP contribution in [0.4, 0.5) is 5.69 Å². The van der Waals surface area contributed by atoms with Crippen molar-refractivity contribution in [2.45, 2.75) is 96.4 Å². The van der Waals surface area contributed by atoms with Crippen molar-refractivity contribution < 1.29 is 0 Å². The summed E-state index contributed by atoms with van der Waals surface area (Å²) in [5, 5.41) is 7.71. The Kier molecular flexibility index (Phi) is 9.31. The number of rotatable bonds is 3. The monoisotopic (exact) mass is 360 g/mol. The Morgan fingerprint density at radius 3 is 1.80 bits per heavy atom.